The van der Waals surface area contributed by atoms with Crippen LogP contribution in [0.25, 0.3) is 11.6 Å². The predicted octanol–water partition coefficient (Wildman–Crippen LogP) is 5.28. The monoisotopic (exact) mass is 437 g/mol. The molecule has 6 nitrogen and oxygen atoms in total. The normalized spacial score (nSPS) is 13.4. The average Bonchev–Trinajstić information content (AvgIpc) is 3.26. The Morgan fingerprint density at radius 1 is 1.27 bits per heavy atom. The molecule has 0 spiro atoms. The van der Waals surface area contributed by atoms with Gasteiger partial charge in [-0.2, -0.15) is 0 Å². The molecule has 1 aliphatic heterocycles. The molecule has 4 rings (SSSR count). The highest BCUT2D eigenvalue weighted by atomic mass is 32.1. The van der Waals surface area contributed by atoms with Crippen LogP contribution in [0.1, 0.15) is 17.4 Å². The Kier molecular flexibility index (Phi) is 5.78. The number of nitrogens with zero attached hydrogens (tertiary/aromatic N) is 2. The molecule has 1 aromatic heterocycles. The first-order chi connectivity index (χ1) is 14.5. The fourth-order valence-corrected chi connectivity index (χ4v) is 4.35. The third-order valence-corrected chi connectivity index (χ3v) is 5.87. The average molecular weight is 438 g/mol. The highest BCUT2D eigenvalue weighted by Gasteiger charge is 2.17. The molecule has 2 heterocycles. The van der Waals surface area contributed by atoms with Crippen LogP contribution in [0.3, 0.4) is 0 Å². The minimum absolute atomic E-state index is 0.0304. The number of rotatable bonds is 6. The van der Waals surface area contributed by atoms with Gasteiger partial charge >= 0.3 is 0 Å². The fourth-order valence-electron chi connectivity index (χ4n) is 3.09. The number of hydrogen-bond donors (Lipinski definition) is 2. The van der Waals surface area contributed by atoms with Crippen molar-refractivity contribution in [2.45, 2.75) is 13.5 Å². The van der Waals surface area contributed by atoms with Gasteiger partial charge < -0.3 is 15.2 Å². The zero-order chi connectivity index (χ0) is 21.1. The molecule has 152 valence electrons. The molecule has 1 aliphatic rings. The summed E-state index contributed by atoms with van der Waals surface area (Å²) in [5, 5.41) is 13.5. The lowest BCUT2D eigenvalue weighted by atomic mass is 10.1. The molecule has 0 atom stereocenters. The number of aliphatic imine (C=N–C) groups is 1. The number of nitrogens with one attached hydrogen (secondary N) is 1. The number of carbonyl (C=O) groups is 1. The van der Waals surface area contributed by atoms with Crippen molar-refractivity contribution in [2.24, 2.45) is 4.99 Å². The van der Waals surface area contributed by atoms with E-state index in [-0.39, 0.29) is 18.3 Å². The SMILES string of the molecule is CCOc1ccc(NC(=O)Cn2c(O)c(/C=C3\C=Nc4ccccc43)sc2=S)cc1. The van der Waals surface area contributed by atoms with Crippen LogP contribution in [0, 0.1) is 3.95 Å². The molecule has 2 N–H and O–H groups in total. The van der Waals surface area contributed by atoms with Crippen LogP contribution in [0.4, 0.5) is 11.4 Å². The number of anilines is 1. The van der Waals surface area contributed by atoms with Crippen molar-refractivity contribution in [1.29, 1.82) is 0 Å². The van der Waals surface area contributed by atoms with Crippen LogP contribution in [-0.2, 0) is 11.3 Å². The summed E-state index contributed by atoms with van der Waals surface area (Å²) in [7, 11) is 0. The van der Waals surface area contributed by atoms with Gasteiger partial charge in [0.25, 0.3) is 0 Å². The zero-order valence-corrected chi connectivity index (χ0v) is 17.8. The Balaban J connectivity index is 1.50. The summed E-state index contributed by atoms with van der Waals surface area (Å²) in [5.41, 5.74) is 3.42. The highest BCUT2D eigenvalue weighted by molar-refractivity contribution is 7.73. The van der Waals surface area contributed by atoms with Crippen molar-refractivity contribution in [1.82, 2.24) is 4.57 Å². The molecule has 3 aromatic rings. The molecule has 1 amide bonds. The Hall–Kier alpha value is -3.23. The van der Waals surface area contributed by atoms with E-state index in [4.69, 9.17) is 17.0 Å². The lowest BCUT2D eigenvalue weighted by Gasteiger charge is -2.08. The molecule has 8 heteroatoms. The number of benzene rings is 2. The standard InChI is InChI=1S/C22H19N3O3S2/c1-2-28-16-9-7-15(8-10-16)24-20(26)13-25-21(27)19(30-22(25)29)11-14-12-23-18-6-4-3-5-17(14)18/h3-12,27H,2,13H2,1H3,(H,24,26)/b14-11+. The van der Waals surface area contributed by atoms with Crippen LogP contribution < -0.4 is 10.1 Å². The molecule has 30 heavy (non-hydrogen) atoms. The van der Waals surface area contributed by atoms with Gasteiger partial charge in [0, 0.05) is 23.0 Å². The molecule has 0 saturated heterocycles. The van der Waals surface area contributed by atoms with Crippen molar-refractivity contribution >= 4 is 58.7 Å². The zero-order valence-electron chi connectivity index (χ0n) is 16.2. The van der Waals surface area contributed by atoms with Gasteiger partial charge in [0.2, 0.25) is 11.8 Å². The van der Waals surface area contributed by atoms with E-state index in [1.165, 1.54) is 15.9 Å². The van der Waals surface area contributed by atoms with E-state index in [9.17, 15) is 9.90 Å². The second-order valence-corrected chi connectivity index (χ2v) is 8.20. The quantitative estimate of drug-likeness (QED) is 0.515. The molecule has 2 aromatic carbocycles. The Labute approximate surface area is 182 Å². The van der Waals surface area contributed by atoms with Crippen molar-refractivity contribution < 1.29 is 14.6 Å². The van der Waals surface area contributed by atoms with Gasteiger partial charge in [-0.05, 0) is 55.5 Å². The van der Waals surface area contributed by atoms with Crippen molar-refractivity contribution in [3.63, 3.8) is 0 Å². The first-order valence-corrected chi connectivity index (χ1v) is 10.6. The van der Waals surface area contributed by atoms with Crippen LogP contribution in [0.5, 0.6) is 11.6 Å². The summed E-state index contributed by atoms with van der Waals surface area (Å²) in [4.78, 5) is 17.4. The topological polar surface area (TPSA) is 75.8 Å². The predicted molar refractivity (Wildman–Crippen MR) is 124 cm³/mol. The number of thiazole rings is 1. The van der Waals surface area contributed by atoms with Gasteiger partial charge in [0.05, 0.1) is 17.2 Å². The summed E-state index contributed by atoms with van der Waals surface area (Å²) in [6.45, 7) is 2.41. The number of allylic oxidation sites excluding steroid dienone is 1. The van der Waals surface area contributed by atoms with Gasteiger partial charge in [-0.15, -0.1) is 11.3 Å². The van der Waals surface area contributed by atoms with E-state index in [0.29, 0.717) is 21.1 Å². The summed E-state index contributed by atoms with van der Waals surface area (Å²) in [6.07, 6.45) is 3.60. The lowest BCUT2D eigenvalue weighted by molar-refractivity contribution is -0.116. The summed E-state index contributed by atoms with van der Waals surface area (Å²) in [6, 6.07) is 14.9. The number of ether oxygens (including phenoxy) is 1. The number of carbonyl (C=O) groups excluding carboxylic acids is 1. The van der Waals surface area contributed by atoms with Crippen molar-refractivity contribution in [3.05, 3.63) is 62.9 Å². The third kappa shape index (κ3) is 4.19. The number of aromatic hydroxyl groups is 1. The number of hydrogen-bond acceptors (Lipinski definition) is 6. The van der Waals surface area contributed by atoms with Gasteiger partial charge in [-0.1, -0.05) is 18.2 Å². The van der Waals surface area contributed by atoms with Gasteiger partial charge in [-0.3, -0.25) is 14.4 Å². The number of aromatic nitrogens is 1. The van der Waals surface area contributed by atoms with E-state index in [2.05, 4.69) is 10.3 Å². The Morgan fingerprint density at radius 2 is 2.03 bits per heavy atom. The first kappa shape index (κ1) is 20.1. The summed E-state index contributed by atoms with van der Waals surface area (Å²) in [5.74, 6) is 0.426. The summed E-state index contributed by atoms with van der Waals surface area (Å²) < 4.78 is 7.24. The van der Waals surface area contributed by atoms with Gasteiger partial charge in [0.15, 0.2) is 3.95 Å². The van der Waals surface area contributed by atoms with E-state index in [1.54, 1.807) is 30.5 Å². The van der Waals surface area contributed by atoms with E-state index in [1.807, 2.05) is 37.3 Å². The smallest absolute Gasteiger partial charge is 0.244 e. The fraction of sp³-hybridized carbons (Fsp3) is 0.136. The molecular formula is C22H19N3O3S2. The molecule has 0 fully saturated rings. The van der Waals surface area contributed by atoms with E-state index < -0.39 is 0 Å². The molecule has 0 radical (unpaired) electrons. The highest BCUT2D eigenvalue weighted by Crippen LogP contribution is 2.35. The minimum atomic E-state index is -0.282. The molecule has 0 bridgehead atoms. The molecular weight excluding hydrogens is 418 g/mol. The number of para-hydroxylation sites is 1. The number of fused-ring (bicyclic) bond motifs is 1. The van der Waals surface area contributed by atoms with Gasteiger partial charge in [-0.25, -0.2) is 0 Å². The second-order valence-electron chi connectivity index (χ2n) is 6.52. The maximum Gasteiger partial charge on any atom is 0.244 e. The Morgan fingerprint density at radius 3 is 2.80 bits per heavy atom. The van der Waals surface area contributed by atoms with E-state index in [0.717, 1.165) is 22.6 Å². The van der Waals surface area contributed by atoms with Crippen molar-refractivity contribution in [2.75, 3.05) is 11.9 Å². The molecule has 0 unspecified atom stereocenters. The van der Waals surface area contributed by atoms with Crippen LogP contribution in [-0.4, -0.2) is 28.4 Å². The minimum Gasteiger partial charge on any atom is -0.494 e. The lowest BCUT2D eigenvalue weighted by Crippen LogP contribution is -2.18. The molecule has 0 aliphatic carbocycles. The second kappa shape index (κ2) is 8.64. The third-order valence-electron chi connectivity index (χ3n) is 4.49. The largest absolute Gasteiger partial charge is 0.494 e. The number of amides is 1. The van der Waals surface area contributed by atoms with Crippen LogP contribution in [0.15, 0.2) is 53.5 Å². The molecule has 0 saturated carbocycles. The first-order valence-electron chi connectivity index (χ1n) is 9.35. The van der Waals surface area contributed by atoms with Gasteiger partial charge in [0.1, 0.15) is 12.3 Å². The summed E-state index contributed by atoms with van der Waals surface area (Å²) >= 11 is 6.62. The van der Waals surface area contributed by atoms with Crippen molar-refractivity contribution in [3.8, 4) is 11.6 Å². The Bertz CT molecular complexity index is 1210. The van der Waals surface area contributed by atoms with Crippen LogP contribution >= 0.6 is 23.6 Å². The maximum absolute atomic E-state index is 12.5. The maximum atomic E-state index is 12.5. The van der Waals surface area contributed by atoms with E-state index >= 15 is 0 Å². The van der Waals surface area contributed by atoms with Crippen LogP contribution in [0.2, 0.25) is 0 Å².